The van der Waals surface area contributed by atoms with Gasteiger partial charge in [0, 0.05) is 17.0 Å². The predicted octanol–water partition coefficient (Wildman–Crippen LogP) is 2.07. The lowest BCUT2D eigenvalue weighted by molar-refractivity contribution is -0.123. The Morgan fingerprint density at radius 2 is 2.25 bits per heavy atom. The van der Waals surface area contributed by atoms with Gasteiger partial charge >= 0.3 is 0 Å². The van der Waals surface area contributed by atoms with Gasteiger partial charge in [-0.15, -0.1) is 11.3 Å². The molecule has 2 aromatic rings. The number of rotatable bonds is 4. The molecule has 0 spiro atoms. The number of amides is 1. The van der Waals surface area contributed by atoms with Crippen molar-refractivity contribution in [3.63, 3.8) is 0 Å². The minimum Gasteiger partial charge on any atom is -0.492 e. The lowest BCUT2D eigenvalue weighted by atomic mass is 10.0. The van der Waals surface area contributed by atoms with Gasteiger partial charge in [0.25, 0.3) is 0 Å². The monoisotopic (exact) mass is 289 g/mol. The number of hydrogen-bond acceptors (Lipinski definition) is 4. The zero-order chi connectivity index (χ0) is 13.9. The maximum atomic E-state index is 12.2. The van der Waals surface area contributed by atoms with Gasteiger partial charge in [-0.3, -0.25) is 4.79 Å². The molecule has 5 heteroatoms. The Morgan fingerprint density at radius 3 is 3.05 bits per heavy atom. The van der Waals surface area contributed by atoms with Gasteiger partial charge in [0.1, 0.15) is 24.4 Å². The van der Waals surface area contributed by atoms with Crippen LogP contribution >= 0.6 is 11.3 Å². The first kappa shape index (κ1) is 13.1. The highest BCUT2D eigenvalue weighted by molar-refractivity contribution is 7.10. The smallest absolute Gasteiger partial charge is 0.231 e. The Morgan fingerprint density at radius 1 is 1.40 bits per heavy atom. The van der Waals surface area contributed by atoms with Crippen molar-refractivity contribution in [1.82, 2.24) is 5.32 Å². The third-order valence-electron chi connectivity index (χ3n) is 3.36. The second kappa shape index (κ2) is 5.64. The van der Waals surface area contributed by atoms with E-state index < -0.39 is 6.10 Å². The zero-order valence-corrected chi connectivity index (χ0v) is 11.6. The first-order chi connectivity index (χ1) is 9.75. The molecule has 3 rings (SSSR count). The van der Waals surface area contributed by atoms with Gasteiger partial charge in [0.2, 0.25) is 5.91 Å². The number of aliphatic hydroxyl groups excluding tert-OH is 1. The number of thiophene rings is 1. The van der Waals surface area contributed by atoms with Crippen LogP contribution in [0.1, 0.15) is 22.5 Å². The van der Waals surface area contributed by atoms with Crippen LogP contribution in [0.4, 0.5) is 0 Å². The maximum Gasteiger partial charge on any atom is 0.231 e. The molecule has 1 aliphatic rings. The molecule has 2 N–H and O–H groups in total. The van der Waals surface area contributed by atoms with Gasteiger partial charge in [0.05, 0.1) is 0 Å². The lowest BCUT2D eigenvalue weighted by Gasteiger charge is -2.13. The van der Waals surface area contributed by atoms with Gasteiger partial charge in [-0.25, -0.2) is 0 Å². The first-order valence-corrected chi connectivity index (χ1v) is 7.34. The molecular weight excluding hydrogens is 274 g/mol. The van der Waals surface area contributed by atoms with E-state index in [4.69, 9.17) is 4.74 Å². The van der Waals surface area contributed by atoms with E-state index in [-0.39, 0.29) is 18.4 Å². The van der Waals surface area contributed by atoms with Gasteiger partial charge in [-0.05, 0) is 17.5 Å². The van der Waals surface area contributed by atoms with Crippen LogP contribution < -0.4 is 10.1 Å². The molecule has 1 aromatic heterocycles. The summed E-state index contributed by atoms with van der Waals surface area (Å²) in [4.78, 5) is 13.0. The molecule has 0 fully saturated rings. The summed E-state index contributed by atoms with van der Waals surface area (Å²) in [5.41, 5.74) is 0.913. The van der Waals surface area contributed by atoms with Crippen LogP contribution in [-0.4, -0.2) is 24.2 Å². The van der Waals surface area contributed by atoms with Crippen molar-refractivity contribution in [2.45, 2.75) is 12.0 Å². The molecule has 0 bridgehead atoms. The number of benzene rings is 1. The van der Waals surface area contributed by atoms with Crippen LogP contribution in [0.2, 0.25) is 0 Å². The molecule has 1 aromatic carbocycles. The summed E-state index contributed by atoms with van der Waals surface area (Å²) in [5.74, 6) is 0.374. The molecule has 0 saturated carbocycles. The fraction of sp³-hybridized carbons (Fsp3) is 0.267. The Bertz CT molecular complexity index is 597. The molecule has 104 valence electrons. The normalized spacial score (nSPS) is 18.1. The average molecular weight is 289 g/mol. The second-order valence-corrected chi connectivity index (χ2v) is 5.66. The van der Waals surface area contributed by atoms with Crippen LogP contribution in [0.5, 0.6) is 5.75 Å². The van der Waals surface area contributed by atoms with E-state index in [1.54, 1.807) is 0 Å². The van der Waals surface area contributed by atoms with Gasteiger partial charge in [-0.2, -0.15) is 0 Å². The van der Waals surface area contributed by atoms with Gasteiger partial charge in [-0.1, -0.05) is 24.3 Å². The van der Waals surface area contributed by atoms with Crippen molar-refractivity contribution in [2.24, 2.45) is 0 Å². The Kier molecular flexibility index (Phi) is 3.71. The number of hydrogen-bond donors (Lipinski definition) is 2. The third-order valence-corrected chi connectivity index (χ3v) is 4.33. The maximum absolute atomic E-state index is 12.2. The zero-order valence-electron chi connectivity index (χ0n) is 10.8. The molecule has 0 unspecified atom stereocenters. The van der Waals surface area contributed by atoms with Gasteiger partial charge in [0.15, 0.2) is 0 Å². The van der Waals surface area contributed by atoms with Crippen LogP contribution in [0.15, 0.2) is 41.8 Å². The minimum absolute atomic E-state index is 0.106. The van der Waals surface area contributed by atoms with Gasteiger partial charge < -0.3 is 15.2 Å². The molecule has 2 atom stereocenters. The van der Waals surface area contributed by atoms with Crippen molar-refractivity contribution >= 4 is 17.2 Å². The Labute approximate surface area is 121 Å². The molecule has 0 radical (unpaired) electrons. The van der Waals surface area contributed by atoms with Crippen LogP contribution in [0.25, 0.3) is 0 Å². The molecule has 2 heterocycles. The highest BCUT2D eigenvalue weighted by atomic mass is 32.1. The van der Waals surface area contributed by atoms with Crippen molar-refractivity contribution in [3.8, 4) is 5.75 Å². The SMILES string of the molecule is O=C(NC[C@H](O)c1cccs1)[C@H]1COc2ccccc21. The summed E-state index contributed by atoms with van der Waals surface area (Å²) >= 11 is 1.48. The quantitative estimate of drug-likeness (QED) is 0.906. The number of ether oxygens (including phenoxy) is 1. The fourth-order valence-corrected chi connectivity index (χ4v) is 2.99. The topological polar surface area (TPSA) is 58.6 Å². The largest absolute Gasteiger partial charge is 0.492 e. The number of nitrogens with one attached hydrogen (secondary N) is 1. The van der Waals surface area contributed by atoms with E-state index in [2.05, 4.69) is 5.32 Å². The lowest BCUT2D eigenvalue weighted by Crippen LogP contribution is -2.33. The summed E-state index contributed by atoms with van der Waals surface area (Å²) in [6, 6.07) is 11.3. The molecule has 0 saturated heterocycles. The van der Waals surface area contributed by atoms with Crippen LogP contribution in [-0.2, 0) is 4.79 Å². The number of carbonyl (C=O) groups excluding carboxylic acids is 1. The number of carbonyl (C=O) groups is 1. The molecular formula is C15H15NO3S. The summed E-state index contributed by atoms with van der Waals surface area (Å²) in [6.07, 6.45) is -0.656. The fourth-order valence-electron chi connectivity index (χ4n) is 2.28. The number of para-hydroxylation sites is 1. The van der Waals surface area contributed by atoms with Crippen LogP contribution in [0, 0.1) is 0 Å². The molecule has 1 aliphatic heterocycles. The van der Waals surface area contributed by atoms with E-state index in [1.165, 1.54) is 11.3 Å². The summed E-state index contributed by atoms with van der Waals surface area (Å²) in [7, 11) is 0. The van der Waals surface area contributed by atoms with E-state index in [0.29, 0.717) is 6.61 Å². The number of fused-ring (bicyclic) bond motifs is 1. The summed E-state index contributed by atoms with van der Waals surface area (Å²) in [5, 5.41) is 14.7. The highest BCUT2D eigenvalue weighted by Gasteiger charge is 2.30. The average Bonchev–Trinajstić information content (AvgIpc) is 3.13. The van der Waals surface area contributed by atoms with E-state index in [9.17, 15) is 9.90 Å². The molecule has 0 aliphatic carbocycles. The van der Waals surface area contributed by atoms with Crippen molar-refractivity contribution in [1.29, 1.82) is 0 Å². The molecule has 1 amide bonds. The predicted molar refractivity (Wildman–Crippen MR) is 77.0 cm³/mol. The van der Waals surface area contributed by atoms with E-state index >= 15 is 0 Å². The van der Waals surface area contributed by atoms with E-state index in [1.807, 2.05) is 41.8 Å². The third kappa shape index (κ3) is 2.55. The second-order valence-electron chi connectivity index (χ2n) is 4.68. The Balaban J connectivity index is 1.61. The highest BCUT2D eigenvalue weighted by Crippen LogP contribution is 2.33. The standard InChI is InChI=1S/C15H15NO3S/c17-12(14-6-3-7-20-14)8-16-15(18)11-9-19-13-5-2-1-4-10(11)13/h1-7,11-12,17H,8-9H2,(H,16,18)/t11-,12-/m0/s1. The Hall–Kier alpha value is -1.85. The molecule has 4 nitrogen and oxygen atoms in total. The van der Waals surface area contributed by atoms with Crippen molar-refractivity contribution in [3.05, 3.63) is 52.2 Å². The van der Waals surface area contributed by atoms with Crippen molar-refractivity contribution < 1.29 is 14.6 Å². The number of aliphatic hydroxyl groups is 1. The van der Waals surface area contributed by atoms with Crippen LogP contribution in [0.3, 0.4) is 0 Å². The summed E-state index contributed by atoms with van der Waals surface area (Å²) in [6.45, 7) is 0.582. The summed E-state index contributed by atoms with van der Waals surface area (Å²) < 4.78 is 5.49. The van der Waals surface area contributed by atoms with Crippen molar-refractivity contribution in [2.75, 3.05) is 13.2 Å². The molecule has 20 heavy (non-hydrogen) atoms. The minimum atomic E-state index is -0.656. The first-order valence-electron chi connectivity index (χ1n) is 6.46. The van der Waals surface area contributed by atoms with E-state index in [0.717, 1.165) is 16.2 Å².